The molecule has 0 atom stereocenters. The zero-order valence-electron chi connectivity index (χ0n) is 59.5. The van der Waals surface area contributed by atoms with Crippen molar-refractivity contribution in [3.8, 4) is 44.9 Å². The fourth-order valence-electron chi connectivity index (χ4n) is 9.49. The molecular formula is C88H108N2O3S. The van der Waals surface area contributed by atoms with Gasteiger partial charge in [0.25, 0.3) is 0 Å². The highest BCUT2D eigenvalue weighted by molar-refractivity contribution is 7.10. The van der Waals surface area contributed by atoms with Crippen LogP contribution in [0.2, 0.25) is 0 Å². The highest BCUT2D eigenvalue weighted by Crippen LogP contribution is 2.31. The molecule has 0 spiro atoms. The first-order valence-electron chi connectivity index (χ1n) is 33.7. The third-order valence-electron chi connectivity index (χ3n) is 15.5. The van der Waals surface area contributed by atoms with Crippen LogP contribution in [0, 0.1) is 5.92 Å². The minimum absolute atomic E-state index is 0.203. The first-order valence-corrected chi connectivity index (χ1v) is 34.5. The molecule has 7 aromatic carbocycles. The Labute approximate surface area is 571 Å². The molecule has 6 heteroatoms. The van der Waals surface area contributed by atoms with Crippen molar-refractivity contribution < 1.29 is 15.0 Å². The number of pyridine rings is 2. The van der Waals surface area contributed by atoms with Crippen LogP contribution in [-0.4, -0.2) is 26.0 Å². The number of allylic oxidation sites excluding steroid dienone is 4. The van der Waals surface area contributed by atoms with E-state index in [1.165, 1.54) is 55.0 Å². The van der Waals surface area contributed by atoms with Crippen LogP contribution in [0.1, 0.15) is 210 Å². The number of phenolic OH excluding ortho intramolecular Hbond substituents is 2. The van der Waals surface area contributed by atoms with E-state index in [2.05, 4.69) is 260 Å². The van der Waals surface area contributed by atoms with Crippen LogP contribution >= 0.6 is 11.3 Å². The molecule has 0 radical (unpaired) electrons. The molecule has 10 aromatic rings. The zero-order chi connectivity index (χ0) is 69.0. The van der Waals surface area contributed by atoms with Crippen molar-refractivity contribution in [3.05, 3.63) is 310 Å². The zero-order valence-corrected chi connectivity index (χ0v) is 60.3. The molecule has 3 heterocycles. The van der Waals surface area contributed by atoms with Crippen LogP contribution in [0.5, 0.6) is 11.5 Å². The summed E-state index contributed by atoms with van der Waals surface area (Å²) in [6.45, 7) is 36.6. The van der Waals surface area contributed by atoms with Crippen molar-refractivity contribution in [1.29, 1.82) is 0 Å². The lowest BCUT2D eigenvalue weighted by Gasteiger charge is -2.09. The summed E-state index contributed by atoms with van der Waals surface area (Å²) in [5, 5.41) is 21.2. The van der Waals surface area contributed by atoms with Crippen molar-refractivity contribution in [3.63, 3.8) is 0 Å². The van der Waals surface area contributed by atoms with E-state index < -0.39 is 0 Å². The number of rotatable bonds is 13. The Kier molecular flexibility index (Phi) is 35.2. The van der Waals surface area contributed by atoms with Crippen LogP contribution in [0.15, 0.2) is 266 Å². The van der Waals surface area contributed by atoms with Gasteiger partial charge in [0.15, 0.2) is 0 Å². The van der Waals surface area contributed by atoms with Gasteiger partial charge in [-0.1, -0.05) is 305 Å². The van der Waals surface area contributed by atoms with Gasteiger partial charge in [-0.25, -0.2) is 0 Å². The van der Waals surface area contributed by atoms with Gasteiger partial charge in [0.05, 0.1) is 0 Å². The molecule has 1 aliphatic rings. The molecule has 3 aromatic heterocycles. The van der Waals surface area contributed by atoms with E-state index in [0.29, 0.717) is 65.3 Å². The van der Waals surface area contributed by atoms with E-state index in [9.17, 15) is 15.0 Å². The molecular weight excluding hydrogens is 1170 g/mol. The second-order valence-corrected chi connectivity index (χ2v) is 27.0. The summed E-state index contributed by atoms with van der Waals surface area (Å²) in [6, 6.07) is 73.4. The van der Waals surface area contributed by atoms with Crippen LogP contribution < -0.4 is 0 Å². The second-order valence-electron chi connectivity index (χ2n) is 26.1. The summed E-state index contributed by atoms with van der Waals surface area (Å²) < 4.78 is 0. The SMILES string of the molecule is CC(=O)Cc1ccc(-c2cccc(C(C)C)c2)cc1.CC(C)C1=CCC=C1.CC(C)c1cccc(-c2ccc(O)cc2)c1.CC(C)c1cccc(-c2ccccc2O)c1.CC(C)c1ccccc1.CC(C)c1ccccn1.CC(C)c1cccnc1.CC(C)c1cccs1. The van der Waals surface area contributed by atoms with Gasteiger partial charge in [-0.05, 0) is 175 Å². The summed E-state index contributed by atoms with van der Waals surface area (Å²) in [5.74, 6) is 5.65. The number of carbonyl (C=O) groups is 1. The number of hydrogen-bond acceptors (Lipinski definition) is 6. The van der Waals surface area contributed by atoms with Gasteiger partial charge in [-0.15, -0.1) is 11.3 Å². The number of ketones is 1. The van der Waals surface area contributed by atoms with Gasteiger partial charge in [0.1, 0.15) is 17.3 Å². The molecule has 94 heavy (non-hydrogen) atoms. The summed E-state index contributed by atoms with van der Waals surface area (Å²) in [5.41, 5.74) is 17.2. The summed E-state index contributed by atoms with van der Waals surface area (Å²) in [4.78, 5) is 20.7. The second kappa shape index (κ2) is 42.5. The lowest BCUT2D eigenvalue weighted by molar-refractivity contribution is -0.116. The number of thiophene rings is 1. The number of hydrogen-bond donors (Lipinski definition) is 2. The molecule has 0 unspecified atom stereocenters. The van der Waals surface area contributed by atoms with Crippen molar-refractivity contribution in [2.24, 2.45) is 5.92 Å². The Morgan fingerprint density at radius 1 is 0.426 bits per heavy atom. The Hall–Kier alpha value is -8.71. The maximum absolute atomic E-state index is 11.1. The lowest BCUT2D eigenvalue weighted by atomic mass is 9.96. The third-order valence-corrected chi connectivity index (χ3v) is 16.7. The number of Topliss-reactive ketones (excluding diaryl/α,β-unsaturated/α-hetero) is 1. The van der Waals surface area contributed by atoms with E-state index >= 15 is 0 Å². The number of nitrogens with zero attached hydrogens (tertiary/aromatic N) is 2. The smallest absolute Gasteiger partial charge is 0.134 e. The van der Waals surface area contributed by atoms with Gasteiger partial charge >= 0.3 is 0 Å². The molecule has 494 valence electrons. The average Bonchev–Trinajstić information content (AvgIpc) is 1.13. The number of para-hydroxylation sites is 1. The third kappa shape index (κ3) is 29.5. The molecule has 0 amide bonds. The van der Waals surface area contributed by atoms with Crippen LogP contribution in [0.4, 0.5) is 0 Å². The predicted molar refractivity (Wildman–Crippen MR) is 408 cm³/mol. The van der Waals surface area contributed by atoms with E-state index in [-0.39, 0.29) is 5.78 Å². The van der Waals surface area contributed by atoms with Crippen molar-refractivity contribution >= 4 is 17.1 Å². The van der Waals surface area contributed by atoms with Crippen LogP contribution in [-0.2, 0) is 11.2 Å². The van der Waals surface area contributed by atoms with E-state index in [1.807, 2.05) is 109 Å². The van der Waals surface area contributed by atoms with Crippen molar-refractivity contribution in [1.82, 2.24) is 9.97 Å². The minimum atomic E-state index is 0.203. The molecule has 0 saturated carbocycles. The Bertz CT molecular complexity index is 3610. The fraction of sp³-hybridized carbons (Fsp3) is 0.307. The summed E-state index contributed by atoms with van der Waals surface area (Å²) >= 11 is 1.83. The molecule has 2 N–H and O–H groups in total. The van der Waals surface area contributed by atoms with E-state index in [0.717, 1.165) is 34.4 Å². The normalized spacial score (nSPS) is 11.1. The highest BCUT2D eigenvalue weighted by atomic mass is 32.1. The lowest BCUT2D eigenvalue weighted by Crippen LogP contribution is -1.95. The van der Waals surface area contributed by atoms with Crippen LogP contribution in [0.3, 0.4) is 0 Å². The molecule has 0 aliphatic heterocycles. The molecule has 11 rings (SSSR count). The quantitative estimate of drug-likeness (QED) is 0.120. The standard InChI is InChI=1S/C18H20O.2C15H16O.C9H12.2C8H11N.C8H12.C7H10S/c1-13(2)17-5-4-6-18(12-17)16-9-7-15(8-10-16)11-14(3)19;1-11(2)12-6-5-7-13(10-12)14-8-3-4-9-15(14)16;1-11(2)13-4-3-5-14(10-13)12-6-8-15(16)9-7-12;1-8(2)9-6-4-3-5-7-9;1-7(2)8-4-3-5-9-6-8;1-7(2)8-5-3-4-6-9-8;1-7(2)8-5-3-4-6-8;1-6(2)7-4-3-5-8-7/h4-10,12-13H,11H2,1-3H3;2*3-11,16H,1-2H3;3-8H,1-2H3;2*3-7H,1-2H3;3,5-7H,4H2,1-2H3;3-6H,1-2H3. The Morgan fingerprint density at radius 2 is 0.915 bits per heavy atom. The fourth-order valence-corrected chi connectivity index (χ4v) is 10.2. The van der Waals surface area contributed by atoms with Gasteiger partial charge < -0.3 is 10.2 Å². The Balaban J connectivity index is 0.000000234. The maximum atomic E-state index is 11.1. The van der Waals surface area contributed by atoms with Crippen LogP contribution in [0.25, 0.3) is 33.4 Å². The topological polar surface area (TPSA) is 83.3 Å². The minimum Gasteiger partial charge on any atom is -0.508 e. The number of aromatic nitrogens is 2. The monoisotopic (exact) mass is 1270 g/mol. The first kappa shape index (κ1) is 77.7. The number of aromatic hydroxyl groups is 2. The number of benzene rings is 7. The highest BCUT2D eigenvalue weighted by Gasteiger charge is 2.08. The molecule has 1 aliphatic carbocycles. The summed E-state index contributed by atoms with van der Waals surface area (Å²) in [7, 11) is 0. The van der Waals surface area contributed by atoms with Gasteiger partial charge in [-0.2, -0.15) is 0 Å². The number of phenols is 2. The molecule has 0 fully saturated rings. The average molecular weight is 1270 g/mol. The summed E-state index contributed by atoms with van der Waals surface area (Å²) in [6.07, 6.45) is 13.9. The van der Waals surface area contributed by atoms with E-state index in [4.69, 9.17) is 0 Å². The van der Waals surface area contributed by atoms with Gasteiger partial charge in [0, 0.05) is 41.1 Å². The van der Waals surface area contributed by atoms with Gasteiger partial charge in [-0.3, -0.25) is 14.8 Å². The molecule has 0 bridgehead atoms. The van der Waals surface area contributed by atoms with E-state index in [1.54, 1.807) is 31.3 Å². The Morgan fingerprint density at radius 3 is 1.29 bits per heavy atom. The maximum Gasteiger partial charge on any atom is 0.134 e. The number of carbonyl (C=O) groups excluding carboxylic acids is 1. The van der Waals surface area contributed by atoms with Crippen molar-refractivity contribution in [2.45, 2.75) is 172 Å². The van der Waals surface area contributed by atoms with Gasteiger partial charge in [0.2, 0.25) is 0 Å². The van der Waals surface area contributed by atoms with Crippen molar-refractivity contribution in [2.75, 3.05) is 0 Å². The molecule has 0 saturated heterocycles. The molecule has 5 nitrogen and oxygen atoms in total. The predicted octanol–water partition coefficient (Wildman–Crippen LogP) is 25.6. The first-order chi connectivity index (χ1) is 44.9. The largest absolute Gasteiger partial charge is 0.508 e.